The van der Waals surface area contributed by atoms with Crippen LogP contribution in [0.15, 0.2) is 56.5 Å². The smallest absolute Gasteiger partial charge is 0.261 e. The molecule has 0 aliphatic rings. The van der Waals surface area contributed by atoms with Gasteiger partial charge in [0.05, 0.1) is 32.7 Å². The molecule has 3 aromatic rings. The summed E-state index contributed by atoms with van der Waals surface area (Å²) < 4.78 is 9.15. The molecule has 0 amide bonds. The zero-order chi connectivity index (χ0) is 16.4. The van der Waals surface area contributed by atoms with E-state index < -0.39 is 0 Å². The maximum absolute atomic E-state index is 12.4. The van der Waals surface area contributed by atoms with Crippen molar-refractivity contribution in [2.75, 3.05) is 6.61 Å². The summed E-state index contributed by atoms with van der Waals surface area (Å²) in [6.45, 7) is 2.82. The van der Waals surface area contributed by atoms with Crippen molar-refractivity contribution in [3.63, 3.8) is 0 Å². The van der Waals surface area contributed by atoms with Crippen LogP contribution in [0.25, 0.3) is 10.9 Å². The van der Waals surface area contributed by atoms with Crippen LogP contribution in [-0.4, -0.2) is 16.2 Å². The molecule has 0 bridgehead atoms. The molecule has 0 fully saturated rings. The highest BCUT2D eigenvalue weighted by molar-refractivity contribution is 9.11. The zero-order valence-electron chi connectivity index (χ0n) is 12.4. The third-order valence-corrected chi connectivity index (χ3v) is 4.63. The number of aromatic nitrogens is 2. The number of hydrogen-bond acceptors (Lipinski definition) is 3. The number of fused-ring (bicyclic) bond motifs is 1. The first-order valence-corrected chi connectivity index (χ1v) is 8.67. The van der Waals surface area contributed by atoms with E-state index in [0.29, 0.717) is 24.1 Å². The average molecular weight is 438 g/mol. The number of benzene rings is 2. The summed E-state index contributed by atoms with van der Waals surface area (Å²) in [6.07, 6.45) is 1.56. The minimum absolute atomic E-state index is 0.0544. The Balaban J connectivity index is 1.77. The number of rotatable bonds is 4. The van der Waals surface area contributed by atoms with Crippen LogP contribution in [0.5, 0.6) is 5.75 Å². The summed E-state index contributed by atoms with van der Waals surface area (Å²) in [4.78, 5) is 16.7. The number of ether oxygens (including phenoxy) is 1. The van der Waals surface area contributed by atoms with Crippen molar-refractivity contribution in [1.82, 2.24) is 9.55 Å². The first-order valence-electron chi connectivity index (χ1n) is 7.09. The van der Waals surface area contributed by atoms with Gasteiger partial charge in [-0.2, -0.15) is 0 Å². The second-order valence-electron chi connectivity index (χ2n) is 5.17. The van der Waals surface area contributed by atoms with Gasteiger partial charge in [-0.25, -0.2) is 4.98 Å². The van der Waals surface area contributed by atoms with E-state index >= 15 is 0 Å². The van der Waals surface area contributed by atoms with Crippen molar-refractivity contribution in [3.05, 3.63) is 67.6 Å². The number of nitrogens with zero attached hydrogens (tertiary/aromatic N) is 2. The van der Waals surface area contributed by atoms with E-state index in [1.807, 2.05) is 37.3 Å². The summed E-state index contributed by atoms with van der Waals surface area (Å²) >= 11 is 6.99. The third kappa shape index (κ3) is 3.48. The maximum atomic E-state index is 12.4. The molecular weight excluding hydrogens is 424 g/mol. The molecule has 3 rings (SSSR count). The van der Waals surface area contributed by atoms with Crippen molar-refractivity contribution >= 4 is 42.8 Å². The van der Waals surface area contributed by atoms with Gasteiger partial charge in [0.15, 0.2) is 0 Å². The lowest BCUT2D eigenvalue weighted by molar-refractivity contribution is 0.292. The van der Waals surface area contributed by atoms with Crippen LogP contribution < -0.4 is 10.3 Å². The standard InChI is InChI=1S/C17H14Br2N2O2/c1-11-8-13(18)16(14(19)9-11)23-7-6-21-10-20-15-5-3-2-4-12(15)17(21)22/h2-5,8-10H,6-7H2,1H3. The molecule has 1 aromatic heterocycles. The molecule has 0 aliphatic carbocycles. The molecule has 118 valence electrons. The fraction of sp³-hybridized carbons (Fsp3) is 0.176. The van der Waals surface area contributed by atoms with Crippen LogP contribution in [0, 0.1) is 6.92 Å². The van der Waals surface area contributed by atoms with Crippen molar-refractivity contribution in [2.45, 2.75) is 13.5 Å². The van der Waals surface area contributed by atoms with E-state index in [2.05, 4.69) is 36.8 Å². The van der Waals surface area contributed by atoms with Crippen LogP contribution in [0.1, 0.15) is 5.56 Å². The number of aryl methyl sites for hydroxylation is 1. The van der Waals surface area contributed by atoms with Gasteiger partial charge in [-0.05, 0) is 68.6 Å². The molecule has 0 unspecified atom stereocenters. The molecule has 6 heteroatoms. The van der Waals surface area contributed by atoms with Gasteiger partial charge in [-0.3, -0.25) is 9.36 Å². The van der Waals surface area contributed by atoms with E-state index in [1.54, 1.807) is 17.0 Å². The van der Waals surface area contributed by atoms with Crippen LogP contribution in [0.4, 0.5) is 0 Å². The fourth-order valence-corrected chi connectivity index (χ4v) is 3.98. The average Bonchev–Trinajstić information content (AvgIpc) is 2.52. The zero-order valence-corrected chi connectivity index (χ0v) is 15.6. The second-order valence-corrected chi connectivity index (χ2v) is 6.88. The van der Waals surface area contributed by atoms with E-state index in [4.69, 9.17) is 4.74 Å². The minimum Gasteiger partial charge on any atom is -0.489 e. The Morgan fingerprint density at radius 3 is 2.61 bits per heavy atom. The van der Waals surface area contributed by atoms with Crippen molar-refractivity contribution in [2.24, 2.45) is 0 Å². The molecule has 0 saturated heterocycles. The molecule has 23 heavy (non-hydrogen) atoms. The minimum atomic E-state index is -0.0544. The van der Waals surface area contributed by atoms with Crippen molar-refractivity contribution < 1.29 is 4.74 Å². The summed E-state index contributed by atoms with van der Waals surface area (Å²) in [7, 11) is 0. The summed E-state index contributed by atoms with van der Waals surface area (Å²) in [5, 5.41) is 0.618. The van der Waals surface area contributed by atoms with Gasteiger partial charge in [0.1, 0.15) is 12.4 Å². The Bertz CT molecular complexity index is 899. The van der Waals surface area contributed by atoms with Gasteiger partial charge in [-0.15, -0.1) is 0 Å². The molecule has 0 atom stereocenters. The molecule has 4 nitrogen and oxygen atoms in total. The molecule has 0 aliphatic heterocycles. The lowest BCUT2D eigenvalue weighted by atomic mass is 10.2. The predicted molar refractivity (Wildman–Crippen MR) is 98.1 cm³/mol. The Morgan fingerprint density at radius 2 is 1.87 bits per heavy atom. The summed E-state index contributed by atoms with van der Waals surface area (Å²) in [5.41, 5.74) is 1.78. The maximum Gasteiger partial charge on any atom is 0.261 e. The van der Waals surface area contributed by atoms with E-state index in [9.17, 15) is 4.79 Å². The van der Waals surface area contributed by atoms with Gasteiger partial charge in [0, 0.05) is 0 Å². The second kappa shape index (κ2) is 6.84. The molecule has 0 N–H and O–H groups in total. The first kappa shape index (κ1) is 16.2. The predicted octanol–water partition coefficient (Wildman–Crippen LogP) is 4.31. The lowest BCUT2D eigenvalue weighted by Gasteiger charge is -2.12. The van der Waals surface area contributed by atoms with Gasteiger partial charge in [-0.1, -0.05) is 12.1 Å². The summed E-state index contributed by atoms with van der Waals surface area (Å²) in [5.74, 6) is 0.734. The van der Waals surface area contributed by atoms with Gasteiger partial charge in [0.2, 0.25) is 0 Å². The monoisotopic (exact) mass is 436 g/mol. The first-order chi connectivity index (χ1) is 11.1. The van der Waals surface area contributed by atoms with Gasteiger partial charge < -0.3 is 4.74 Å². The molecule has 0 spiro atoms. The Hall–Kier alpha value is -1.66. The van der Waals surface area contributed by atoms with Gasteiger partial charge >= 0.3 is 0 Å². The molecular formula is C17H14Br2N2O2. The van der Waals surface area contributed by atoms with Crippen molar-refractivity contribution in [1.29, 1.82) is 0 Å². The number of hydrogen-bond donors (Lipinski definition) is 0. The molecule has 1 heterocycles. The van der Waals surface area contributed by atoms with Crippen molar-refractivity contribution in [3.8, 4) is 5.75 Å². The Morgan fingerprint density at radius 1 is 1.17 bits per heavy atom. The molecule has 0 saturated carbocycles. The third-order valence-electron chi connectivity index (χ3n) is 3.45. The van der Waals surface area contributed by atoms with Crippen LogP contribution in [0.2, 0.25) is 0 Å². The highest BCUT2D eigenvalue weighted by atomic mass is 79.9. The molecule has 0 radical (unpaired) electrons. The topological polar surface area (TPSA) is 44.1 Å². The quantitative estimate of drug-likeness (QED) is 0.610. The van der Waals surface area contributed by atoms with Gasteiger partial charge in [0.25, 0.3) is 5.56 Å². The number of para-hydroxylation sites is 1. The van der Waals surface area contributed by atoms with Crippen LogP contribution >= 0.6 is 31.9 Å². The van der Waals surface area contributed by atoms with E-state index in [1.165, 1.54) is 0 Å². The Labute approximate surface area is 150 Å². The largest absolute Gasteiger partial charge is 0.489 e. The normalized spacial score (nSPS) is 10.9. The highest BCUT2D eigenvalue weighted by Crippen LogP contribution is 2.34. The van der Waals surface area contributed by atoms with Crippen LogP contribution in [-0.2, 0) is 6.54 Å². The van der Waals surface area contributed by atoms with E-state index in [0.717, 1.165) is 20.3 Å². The Kier molecular flexibility index (Phi) is 4.82. The summed E-state index contributed by atoms with van der Waals surface area (Å²) in [6, 6.07) is 11.3. The van der Waals surface area contributed by atoms with Crippen LogP contribution in [0.3, 0.4) is 0 Å². The lowest BCUT2D eigenvalue weighted by Crippen LogP contribution is -2.23. The van der Waals surface area contributed by atoms with E-state index in [-0.39, 0.29) is 5.56 Å². The molecule has 2 aromatic carbocycles. The number of halogens is 2. The SMILES string of the molecule is Cc1cc(Br)c(OCCn2cnc3ccccc3c2=O)c(Br)c1. The highest BCUT2D eigenvalue weighted by Gasteiger charge is 2.08. The fourth-order valence-electron chi connectivity index (χ4n) is 2.34.